The molecule has 1 heterocycles. The highest BCUT2D eigenvalue weighted by atomic mass is 19.1. The van der Waals surface area contributed by atoms with Crippen LogP contribution in [-0.2, 0) is 4.79 Å². The number of carbonyl (C=O) groups excluding carboxylic acids is 2. The number of rotatable bonds is 5. The van der Waals surface area contributed by atoms with Crippen LogP contribution in [0, 0.1) is 5.82 Å². The number of hydrogen-bond acceptors (Lipinski definition) is 4. The van der Waals surface area contributed by atoms with Crippen molar-refractivity contribution >= 4 is 23.5 Å². The van der Waals surface area contributed by atoms with Gasteiger partial charge in [0.05, 0.1) is 12.1 Å². The Morgan fingerprint density at radius 1 is 1.25 bits per heavy atom. The van der Waals surface area contributed by atoms with Crippen molar-refractivity contribution in [3.05, 3.63) is 59.7 Å². The van der Waals surface area contributed by atoms with Gasteiger partial charge in [0, 0.05) is 18.9 Å². The van der Waals surface area contributed by atoms with Crippen molar-refractivity contribution in [2.24, 2.45) is 0 Å². The van der Waals surface area contributed by atoms with Crippen LogP contribution in [0.3, 0.4) is 0 Å². The molecule has 24 heavy (non-hydrogen) atoms. The van der Waals surface area contributed by atoms with E-state index in [1.54, 1.807) is 0 Å². The zero-order valence-corrected chi connectivity index (χ0v) is 12.7. The smallest absolute Gasteiger partial charge is 0.354 e. The number of hydrogen-bond donors (Lipinski definition) is 2. The third-order valence-electron chi connectivity index (χ3n) is 3.07. The number of carbonyl (C=O) groups is 3. The Balaban J connectivity index is 1.97. The monoisotopic (exact) mass is 331 g/mol. The highest BCUT2D eigenvalue weighted by Crippen LogP contribution is 2.09. The van der Waals surface area contributed by atoms with Gasteiger partial charge in [0.15, 0.2) is 0 Å². The van der Waals surface area contributed by atoms with Crippen molar-refractivity contribution in [1.29, 1.82) is 0 Å². The first kappa shape index (κ1) is 17.1. The van der Waals surface area contributed by atoms with Crippen LogP contribution in [0.15, 0.2) is 42.6 Å². The molecular weight excluding hydrogens is 317 g/mol. The second-order valence-electron chi connectivity index (χ2n) is 4.96. The van der Waals surface area contributed by atoms with Crippen LogP contribution in [-0.4, -0.2) is 46.4 Å². The van der Waals surface area contributed by atoms with E-state index in [1.165, 1.54) is 37.4 Å². The minimum Gasteiger partial charge on any atom is -0.477 e. The largest absolute Gasteiger partial charge is 0.477 e. The molecule has 2 amide bonds. The third-order valence-corrected chi connectivity index (χ3v) is 3.07. The number of nitrogens with one attached hydrogen (secondary N) is 1. The third kappa shape index (κ3) is 4.35. The fraction of sp³-hybridized carbons (Fsp3) is 0.125. The summed E-state index contributed by atoms with van der Waals surface area (Å²) in [4.78, 5) is 39.6. The molecule has 2 N–H and O–H groups in total. The highest BCUT2D eigenvalue weighted by Gasteiger charge is 2.16. The molecule has 7 nitrogen and oxygen atoms in total. The number of aromatic nitrogens is 1. The van der Waals surface area contributed by atoms with Gasteiger partial charge in [-0.2, -0.15) is 0 Å². The van der Waals surface area contributed by atoms with E-state index in [9.17, 15) is 18.8 Å². The normalized spacial score (nSPS) is 10.1. The Kier molecular flexibility index (Phi) is 5.20. The summed E-state index contributed by atoms with van der Waals surface area (Å²) in [6.07, 6.45) is 1.13. The lowest BCUT2D eigenvalue weighted by Crippen LogP contribution is -2.35. The molecule has 1 aromatic heterocycles. The van der Waals surface area contributed by atoms with Gasteiger partial charge in [0.2, 0.25) is 5.91 Å². The molecule has 0 radical (unpaired) electrons. The summed E-state index contributed by atoms with van der Waals surface area (Å²) in [6.45, 7) is -0.254. The van der Waals surface area contributed by atoms with Crippen LogP contribution in [0.25, 0.3) is 0 Å². The number of nitrogens with zero attached hydrogens (tertiary/aromatic N) is 2. The van der Waals surface area contributed by atoms with Gasteiger partial charge in [-0.05, 0) is 30.3 Å². The van der Waals surface area contributed by atoms with E-state index in [0.29, 0.717) is 0 Å². The van der Waals surface area contributed by atoms with Crippen molar-refractivity contribution in [2.45, 2.75) is 0 Å². The molecule has 0 atom stereocenters. The molecule has 2 rings (SSSR count). The van der Waals surface area contributed by atoms with Gasteiger partial charge in [0.1, 0.15) is 11.5 Å². The van der Waals surface area contributed by atoms with E-state index in [4.69, 9.17) is 5.11 Å². The van der Waals surface area contributed by atoms with Crippen LogP contribution in [0.2, 0.25) is 0 Å². The molecule has 0 aliphatic carbocycles. The minimum absolute atomic E-state index is 0.154. The second kappa shape index (κ2) is 7.32. The van der Waals surface area contributed by atoms with E-state index in [1.807, 2.05) is 0 Å². The Labute approximate surface area is 136 Å². The summed E-state index contributed by atoms with van der Waals surface area (Å²) in [5.41, 5.74) is 0.257. The molecule has 0 aliphatic heterocycles. The van der Waals surface area contributed by atoms with E-state index in [-0.39, 0.29) is 23.5 Å². The predicted molar refractivity (Wildman–Crippen MR) is 83.2 cm³/mol. The van der Waals surface area contributed by atoms with Crippen molar-refractivity contribution in [2.75, 3.05) is 18.9 Å². The first-order chi connectivity index (χ1) is 11.4. The standard InChI is InChI=1S/C16H14FN3O4/c1-20(9-14(21)19-12-4-2-3-11(17)7-12)15(22)10-5-6-13(16(23)24)18-8-10/h2-8H,9H2,1H3,(H,19,21)(H,23,24). The van der Waals surface area contributed by atoms with Gasteiger partial charge in [-0.3, -0.25) is 9.59 Å². The number of benzene rings is 1. The molecule has 1 aromatic carbocycles. The summed E-state index contributed by atoms with van der Waals surface area (Å²) in [7, 11) is 1.42. The number of pyridine rings is 1. The van der Waals surface area contributed by atoms with Crippen LogP contribution in [0.4, 0.5) is 10.1 Å². The second-order valence-corrected chi connectivity index (χ2v) is 4.96. The van der Waals surface area contributed by atoms with Crippen LogP contribution in [0.5, 0.6) is 0 Å². The SMILES string of the molecule is CN(CC(=O)Nc1cccc(F)c1)C(=O)c1ccc(C(=O)O)nc1. The number of aromatic carboxylic acids is 1. The fourth-order valence-corrected chi connectivity index (χ4v) is 1.92. The number of likely N-dealkylation sites (N-methyl/N-ethyl adjacent to an activating group) is 1. The molecule has 0 spiro atoms. The van der Waals surface area contributed by atoms with Crippen molar-refractivity contribution in [1.82, 2.24) is 9.88 Å². The van der Waals surface area contributed by atoms with Gasteiger partial charge in [-0.15, -0.1) is 0 Å². The lowest BCUT2D eigenvalue weighted by atomic mass is 10.2. The first-order valence-electron chi connectivity index (χ1n) is 6.87. The molecule has 0 bridgehead atoms. The predicted octanol–water partition coefficient (Wildman–Crippen LogP) is 1.63. The maximum atomic E-state index is 13.1. The molecule has 0 unspecified atom stereocenters. The van der Waals surface area contributed by atoms with Crippen molar-refractivity contribution in [3.63, 3.8) is 0 Å². The van der Waals surface area contributed by atoms with E-state index < -0.39 is 23.6 Å². The number of halogens is 1. The van der Waals surface area contributed by atoms with E-state index >= 15 is 0 Å². The highest BCUT2D eigenvalue weighted by molar-refractivity contribution is 5.99. The van der Waals surface area contributed by atoms with Gasteiger partial charge in [-0.1, -0.05) is 6.07 Å². The zero-order valence-electron chi connectivity index (χ0n) is 12.7. The van der Waals surface area contributed by atoms with E-state index in [2.05, 4.69) is 10.3 Å². The Hall–Kier alpha value is -3.29. The van der Waals surface area contributed by atoms with E-state index in [0.717, 1.165) is 17.2 Å². The topological polar surface area (TPSA) is 99.6 Å². The Morgan fingerprint density at radius 2 is 2.00 bits per heavy atom. The molecule has 0 fully saturated rings. The lowest BCUT2D eigenvalue weighted by Gasteiger charge is -2.16. The molecule has 124 valence electrons. The molecule has 2 aromatic rings. The average molecular weight is 331 g/mol. The summed E-state index contributed by atoms with van der Waals surface area (Å²) in [5, 5.41) is 11.2. The maximum Gasteiger partial charge on any atom is 0.354 e. The molecule has 0 saturated heterocycles. The van der Waals surface area contributed by atoms with Crippen molar-refractivity contribution < 1.29 is 23.9 Å². The van der Waals surface area contributed by atoms with Gasteiger partial charge in [-0.25, -0.2) is 14.2 Å². The number of carboxylic acids is 1. The summed E-state index contributed by atoms with van der Waals surface area (Å²) < 4.78 is 13.1. The summed E-state index contributed by atoms with van der Waals surface area (Å²) in [5.74, 6) is -2.67. The van der Waals surface area contributed by atoms with Crippen LogP contribution in [0.1, 0.15) is 20.8 Å². The molecule has 0 saturated carbocycles. The average Bonchev–Trinajstić information content (AvgIpc) is 2.54. The van der Waals surface area contributed by atoms with Gasteiger partial charge >= 0.3 is 5.97 Å². The summed E-state index contributed by atoms with van der Waals surface area (Å²) in [6, 6.07) is 7.91. The molecule has 0 aliphatic rings. The van der Waals surface area contributed by atoms with Crippen LogP contribution >= 0.6 is 0 Å². The Bertz CT molecular complexity index is 777. The molecule has 8 heteroatoms. The maximum absolute atomic E-state index is 13.1. The number of anilines is 1. The fourth-order valence-electron chi connectivity index (χ4n) is 1.92. The zero-order chi connectivity index (χ0) is 17.7. The minimum atomic E-state index is -1.20. The number of amides is 2. The number of carboxylic acid groups (broad SMARTS) is 1. The first-order valence-corrected chi connectivity index (χ1v) is 6.87. The quantitative estimate of drug-likeness (QED) is 0.867. The summed E-state index contributed by atoms with van der Waals surface area (Å²) >= 11 is 0. The van der Waals surface area contributed by atoms with Gasteiger partial charge < -0.3 is 15.3 Å². The van der Waals surface area contributed by atoms with Crippen molar-refractivity contribution in [3.8, 4) is 0 Å². The molecular formula is C16H14FN3O4. The van der Waals surface area contributed by atoms with Crippen LogP contribution < -0.4 is 5.32 Å². The lowest BCUT2D eigenvalue weighted by molar-refractivity contribution is -0.116. The Morgan fingerprint density at radius 3 is 2.58 bits per heavy atom. The van der Waals surface area contributed by atoms with Gasteiger partial charge in [0.25, 0.3) is 5.91 Å².